The topological polar surface area (TPSA) is 29.1 Å². The monoisotopic (exact) mass is 297 g/mol. The molecule has 0 saturated heterocycles. The van der Waals surface area contributed by atoms with E-state index in [-0.39, 0.29) is 16.6 Å². The minimum atomic E-state index is -0.222. The van der Waals surface area contributed by atoms with Crippen LogP contribution in [0.4, 0.5) is 10.1 Å². The van der Waals surface area contributed by atoms with Crippen molar-refractivity contribution in [1.82, 2.24) is 0 Å². The fraction of sp³-hybridized carbons (Fsp3) is 0.462. The number of amides is 1. The Balaban J connectivity index is 1.98. The highest BCUT2D eigenvalue weighted by Gasteiger charge is 2.32. The number of nitrogens with one attached hydrogen (secondary N) is 1. The zero-order valence-electron chi connectivity index (χ0n) is 9.30. The maximum absolute atomic E-state index is 14.0. The van der Waals surface area contributed by atoms with E-state index >= 15 is 0 Å². The molecule has 1 saturated carbocycles. The van der Waals surface area contributed by atoms with Crippen molar-refractivity contribution in [2.45, 2.75) is 30.5 Å². The molecule has 1 heterocycles. The summed E-state index contributed by atoms with van der Waals surface area (Å²) in [5.74, 6) is 0.322. The van der Waals surface area contributed by atoms with Crippen molar-refractivity contribution in [3.8, 4) is 0 Å². The van der Waals surface area contributed by atoms with E-state index in [1.54, 1.807) is 0 Å². The normalized spacial score (nSPS) is 20.7. The fourth-order valence-corrected chi connectivity index (χ4v) is 3.15. The zero-order chi connectivity index (χ0) is 12.0. The first kappa shape index (κ1) is 11.2. The maximum atomic E-state index is 14.0. The Kier molecular flexibility index (Phi) is 2.69. The highest BCUT2D eigenvalue weighted by Crippen LogP contribution is 2.47. The molecule has 17 heavy (non-hydrogen) atoms. The number of hydrogen-bond acceptors (Lipinski definition) is 1. The van der Waals surface area contributed by atoms with Crippen LogP contribution in [-0.2, 0) is 11.2 Å². The van der Waals surface area contributed by atoms with E-state index in [2.05, 4.69) is 21.2 Å². The Bertz CT molecular complexity index is 485. The molecule has 0 aromatic heterocycles. The Morgan fingerprint density at radius 2 is 2.12 bits per heavy atom. The van der Waals surface area contributed by atoms with E-state index in [4.69, 9.17) is 0 Å². The van der Waals surface area contributed by atoms with Gasteiger partial charge in [-0.15, -0.1) is 0 Å². The number of aryl methyl sites for hydroxylation is 1. The Hall–Kier alpha value is -0.900. The molecule has 1 aromatic carbocycles. The number of hydrogen-bond donors (Lipinski definition) is 1. The van der Waals surface area contributed by atoms with Gasteiger partial charge in [-0.2, -0.15) is 0 Å². The second-order valence-electron chi connectivity index (χ2n) is 4.82. The molecule has 1 fully saturated rings. The third-order valence-corrected chi connectivity index (χ3v) is 4.69. The van der Waals surface area contributed by atoms with Crippen molar-refractivity contribution in [2.24, 2.45) is 5.92 Å². The summed E-state index contributed by atoms with van der Waals surface area (Å²) in [5, 5.41) is 2.72. The van der Waals surface area contributed by atoms with Crippen LogP contribution in [0.2, 0.25) is 0 Å². The first-order valence-electron chi connectivity index (χ1n) is 5.91. The van der Waals surface area contributed by atoms with Crippen molar-refractivity contribution in [3.63, 3.8) is 0 Å². The molecule has 0 bridgehead atoms. The first-order valence-corrected chi connectivity index (χ1v) is 6.83. The van der Waals surface area contributed by atoms with Gasteiger partial charge in [-0.25, -0.2) is 4.39 Å². The lowest BCUT2D eigenvalue weighted by Crippen LogP contribution is -2.19. The van der Waals surface area contributed by atoms with Crippen molar-refractivity contribution in [1.29, 1.82) is 0 Å². The first-order chi connectivity index (χ1) is 8.15. The van der Waals surface area contributed by atoms with Gasteiger partial charge in [0, 0.05) is 22.5 Å². The lowest BCUT2D eigenvalue weighted by atomic mass is 9.97. The minimum absolute atomic E-state index is 0.0257. The van der Waals surface area contributed by atoms with Gasteiger partial charge in [0.05, 0.1) is 0 Å². The van der Waals surface area contributed by atoms with E-state index in [1.807, 2.05) is 6.07 Å². The highest BCUT2D eigenvalue weighted by atomic mass is 79.9. The van der Waals surface area contributed by atoms with Gasteiger partial charge in [0.25, 0.3) is 0 Å². The molecular formula is C13H13BrFNO. The highest BCUT2D eigenvalue weighted by molar-refractivity contribution is 9.09. The predicted octanol–water partition coefficient (Wildman–Crippen LogP) is 3.56. The van der Waals surface area contributed by atoms with Gasteiger partial charge < -0.3 is 5.32 Å². The molecule has 1 aromatic rings. The van der Waals surface area contributed by atoms with Crippen LogP contribution in [0.1, 0.15) is 35.2 Å². The van der Waals surface area contributed by atoms with Crippen LogP contribution in [0.3, 0.4) is 0 Å². The lowest BCUT2D eigenvalue weighted by molar-refractivity contribution is -0.116. The number of benzene rings is 1. The standard InChI is InChI=1S/C13H13BrFNO/c14-13(7-1-2-7)9-5-8-3-4-12(17)16-11(8)6-10(9)15/h5-7,13H,1-4H2,(H,16,17). The lowest BCUT2D eigenvalue weighted by Gasteiger charge is -2.20. The van der Waals surface area contributed by atoms with Crippen molar-refractivity contribution in [3.05, 3.63) is 29.1 Å². The van der Waals surface area contributed by atoms with Gasteiger partial charge in [0.2, 0.25) is 5.91 Å². The van der Waals surface area contributed by atoms with Crippen LogP contribution in [0.5, 0.6) is 0 Å². The van der Waals surface area contributed by atoms with Crippen LogP contribution < -0.4 is 5.32 Å². The summed E-state index contributed by atoms with van der Waals surface area (Å²) >= 11 is 3.58. The molecule has 1 aliphatic carbocycles. The number of halogens is 2. The van der Waals surface area contributed by atoms with Crippen LogP contribution in [0, 0.1) is 11.7 Å². The predicted molar refractivity (Wildman–Crippen MR) is 67.7 cm³/mol. The molecule has 1 atom stereocenters. The number of carbonyl (C=O) groups excluding carboxylic acids is 1. The summed E-state index contributed by atoms with van der Waals surface area (Å²) in [6, 6.07) is 3.36. The minimum Gasteiger partial charge on any atom is -0.326 e. The molecular weight excluding hydrogens is 285 g/mol. The second kappa shape index (κ2) is 4.09. The summed E-state index contributed by atoms with van der Waals surface area (Å²) in [6.07, 6.45) is 3.54. The SMILES string of the molecule is O=C1CCc2cc(C(Br)C3CC3)c(F)cc2N1. The summed E-state index contributed by atoms with van der Waals surface area (Å²) in [7, 11) is 0. The molecule has 0 spiro atoms. The number of rotatable bonds is 2. The van der Waals surface area contributed by atoms with E-state index in [0.29, 0.717) is 24.4 Å². The van der Waals surface area contributed by atoms with Crippen LogP contribution in [0.15, 0.2) is 12.1 Å². The Morgan fingerprint density at radius 3 is 2.82 bits per heavy atom. The molecule has 1 unspecified atom stereocenters. The van der Waals surface area contributed by atoms with Crippen molar-refractivity contribution >= 4 is 27.5 Å². The number of fused-ring (bicyclic) bond motifs is 1. The fourth-order valence-electron chi connectivity index (χ4n) is 2.28. The van der Waals surface area contributed by atoms with E-state index in [1.165, 1.54) is 18.9 Å². The molecule has 1 aliphatic heterocycles. The van der Waals surface area contributed by atoms with E-state index < -0.39 is 0 Å². The quantitative estimate of drug-likeness (QED) is 0.831. The van der Waals surface area contributed by atoms with Crippen LogP contribution in [0.25, 0.3) is 0 Å². The van der Waals surface area contributed by atoms with E-state index in [9.17, 15) is 9.18 Å². The van der Waals surface area contributed by atoms with Crippen LogP contribution in [-0.4, -0.2) is 5.91 Å². The van der Waals surface area contributed by atoms with Crippen LogP contribution >= 0.6 is 15.9 Å². The molecule has 2 nitrogen and oxygen atoms in total. The molecule has 90 valence electrons. The largest absolute Gasteiger partial charge is 0.326 e. The summed E-state index contributed by atoms with van der Waals surface area (Å²) in [5.41, 5.74) is 2.42. The summed E-state index contributed by atoms with van der Waals surface area (Å²) in [6.45, 7) is 0. The Morgan fingerprint density at radius 1 is 1.35 bits per heavy atom. The van der Waals surface area contributed by atoms with Crippen molar-refractivity contribution in [2.75, 3.05) is 5.32 Å². The third kappa shape index (κ3) is 2.10. The molecule has 1 amide bonds. The smallest absolute Gasteiger partial charge is 0.224 e. The Labute approximate surface area is 108 Å². The van der Waals surface area contributed by atoms with Gasteiger partial charge in [0.1, 0.15) is 5.82 Å². The molecule has 4 heteroatoms. The average molecular weight is 298 g/mol. The van der Waals surface area contributed by atoms with Gasteiger partial charge in [-0.1, -0.05) is 15.9 Å². The molecule has 0 radical (unpaired) electrons. The number of alkyl halides is 1. The second-order valence-corrected chi connectivity index (χ2v) is 5.80. The number of carbonyl (C=O) groups is 1. The molecule has 1 N–H and O–H groups in total. The van der Waals surface area contributed by atoms with Gasteiger partial charge in [0.15, 0.2) is 0 Å². The summed E-state index contributed by atoms with van der Waals surface area (Å²) in [4.78, 5) is 11.3. The van der Waals surface area contributed by atoms with Crippen molar-refractivity contribution < 1.29 is 9.18 Å². The molecule has 2 aliphatic rings. The van der Waals surface area contributed by atoms with Gasteiger partial charge in [-0.3, -0.25) is 4.79 Å². The zero-order valence-corrected chi connectivity index (χ0v) is 10.9. The number of anilines is 1. The third-order valence-electron chi connectivity index (χ3n) is 3.45. The van der Waals surface area contributed by atoms with E-state index in [0.717, 1.165) is 11.1 Å². The summed E-state index contributed by atoms with van der Waals surface area (Å²) < 4.78 is 14.0. The molecule has 3 rings (SSSR count). The average Bonchev–Trinajstić information content (AvgIpc) is 3.11. The van der Waals surface area contributed by atoms with Gasteiger partial charge in [-0.05, 0) is 42.9 Å². The maximum Gasteiger partial charge on any atom is 0.224 e. The van der Waals surface area contributed by atoms with Gasteiger partial charge >= 0.3 is 0 Å².